The first-order chi connectivity index (χ1) is 43.2. The summed E-state index contributed by atoms with van der Waals surface area (Å²) in [7, 11) is 1.30. The summed E-state index contributed by atoms with van der Waals surface area (Å²) < 4.78 is 49.3. The topological polar surface area (TPSA) is 341 Å². The van der Waals surface area contributed by atoms with E-state index in [1.165, 1.54) is 19.2 Å². The van der Waals surface area contributed by atoms with Gasteiger partial charge < -0.3 is 68.8 Å². The van der Waals surface area contributed by atoms with E-state index in [0.717, 1.165) is 91.0 Å². The van der Waals surface area contributed by atoms with Crippen molar-refractivity contribution in [2.45, 2.75) is 173 Å². The van der Waals surface area contributed by atoms with Gasteiger partial charge in [-0.05, 0) is 63.1 Å². The highest BCUT2D eigenvalue weighted by Gasteiger charge is 2.54. The fourth-order valence-electron chi connectivity index (χ4n) is 10.9. The number of rotatable bonds is 32. The van der Waals surface area contributed by atoms with Crippen LogP contribution in [0.25, 0.3) is 0 Å². The number of alkyl carbamates (subject to hydrolysis) is 1. The van der Waals surface area contributed by atoms with Crippen LogP contribution in [0.2, 0.25) is 0 Å². The molecule has 29 nitrogen and oxygen atoms in total. The van der Waals surface area contributed by atoms with Gasteiger partial charge in [-0.1, -0.05) is 32.3 Å². The molecule has 30 heteroatoms. The molecule has 0 saturated carbocycles. The van der Waals surface area contributed by atoms with Gasteiger partial charge in [0.25, 0.3) is 0 Å². The van der Waals surface area contributed by atoms with Crippen LogP contribution in [-0.4, -0.2) is 237 Å². The average Bonchev–Trinajstić information content (AvgIpc) is 0.966. The first-order valence-corrected chi connectivity index (χ1v) is 32.0. The highest BCUT2D eigenvalue weighted by Crippen LogP contribution is 2.36. The zero-order valence-electron chi connectivity index (χ0n) is 52.8. The van der Waals surface area contributed by atoms with Gasteiger partial charge in [-0.15, -0.1) is 0 Å². The molecule has 1 aromatic carbocycles. The number of thioether (sulfide) groups is 1. The number of carbonyl (C=O) groups excluding carboxylic acids is 9. The third-order valence-corrected chi connectivity index (χ3v) is 16.8. The third kappa shape index (κ3) is 25.7. The summed E-state index contributed by atoms with van der Waals surface area (Å²) >= 11 is 1.88. The first-order valence-electron chi connectivity index (χ1n) is 30.9. The number of nitrogens with zero attached hydrogens (tertiary/aromatic N) is 5. The van der Waals surface area contributed by atoms with Gasteiger partial charge in [-0.2, -0.15) is 11.8 Å². The zero-order valence-corrected chi connectivity index (χ0v) is 53.6. The van der Waals surface area contributed by atoms with E-state index in [2.05, 4.69) is 54.9 Å². The number of fused-ring (bicyclic) bond motifs is 1. The summed E-state index contributed by atoms with van der Waals surface area (Å²) in [4.78, 5) is 133. The molecule has 4 heterocycles. The number of urea groups is 1. The van der Waals surface area contributed by atoms with Gasteiger partial charge in [0.15, 0.2) is 24.1 Å². The minimum atomic E-state index is -1.75. The molecule has 4 saturated heterocycles. The lowest BCUT2D eigenvalue weighted by molar-refractivity contribution is -0.387. The Morgan fingerprint density at radius 3 is 2.07 bits per heavy atom. The highest BCUT2D eigenvalue weighted by molar-refractivity contribution is 8.00. The second kappa shape index (κ2) is 39.3. The van der Waals surface area contributed by atoms with Crippen molar-refractivity contribution in [3.63, 3.8) is 0 Å². The van der Waals surface area contributed by atoms with E-state index in [1.54, 1.807) is 0 Å². The van der Waals surface area contributed by atoms with Crippen LogP contribution in [0.4, 0.5) is 15.3 Å². The third-order valence-electron chi connectivity index (χ3n) is 15.3. The Balaban J connectivity index is 1.13. The number of unbranched alkanes of at least 4 members (excludes halogenated alkanes) is 4. The molecular formula is C60H91N9O20S. The van der Waals surface area contributed by atoms with E-state index in [-0.39, 0.29) is 48.3 Å². The maximum atomic E-state index is 13.5. The van der Waals surface area contributed by atoms with Crippen molar-refractivity contribution in [1.82, 2.24) is 40.9 Å². The van der Waals surface area contributed by atoms with Crippen LogP contribution in [0.5, 0.6) is 5.75 Å². The lowest BCUT2D eigenvalue weighted by atomic mass is 9.98. The molecule has 0 bridgehead atoms. The van der Waals surface area contributed by atoms with Crippen LogP contribution in [0.15, 0.2) is 18.2 Å². The monoisotopic (exact) mass is 1290 g/mol. The molecule has 4 amide bonds. The summed E-state index contributed by atoms with van der Waals surface area (Å²) in [5.74, 6) is -0.399. The molecule has 4 fully saturated rings. The number of nitro benzene ring substituents is 1. The number of amides is 4. The SMILES string of the molecule is CCCN1CCN(CCNC(=O)OCc2ccc(OC3OC(COC(C)=O)C(OC(C)=O)C(OC(C)=O)C3OC(C)=O)c([N+](=O)[O-])c2)CCN(CC#COCC)CCN(C(NC(=O)CCCCCCC(=O)CCCCC2SCC3NC(=O)NC32)C(=O)OC)CC1. The van der Waals surface area contributed by atoms with Crippen molar-refractivity contribution in [3.05, 3.63) is 33.9 Å². The summed E-state index contributed by atoms with van der Waals surface area (Å²) in [5, 5.41) is 24.6. The predicted molar refractivity (Wildman–Crippen MR) is 325 cm³/mol. The van der Waals surface area contributed by atoms with Crippen molar-refractivity contribution >= 4 is 71.1 Å². The van der Waals surface area contributed by atoms with Crippen LogP contribution >= 0.6 is 11.8 Å². The smallest absolute Gasteiger partial charge is 0.407 e. The Hall–Kier alpha value is -7.04. The zero-order chi connectivity index (χ0) is 65.5. The molecule has 90 heavy (non-hydrogen) atoms. The maximum Gasteiger partial charge on any atom is 0.407 e. The molecule has 0 spiro atoms. The van der Waals surface area contributed by atoms with E-state index in [9.17, 15) is 53.3 Å². The quantitative estimate of drug-likeness (QED) is 0.0153. The van der Waals surface area contributed by atoms with Crippen molar-refractivity contribution in [1.29, 1.82) is 0 Å². The number of carbonyl (C=O) groups is 9. The normalized spacial score (nSPS) is 22.8. The number of benzene rings is 1. The number of hydrogen-bond acceptors (Lipinski definition) is 25. The van der Waals surface area contributed by atoms with Crippen molar-refractivity contribution < 1.29 is 90.7 Å². The standard InChI is InChI=1S/C60H91N9O20S/c1-8-24-65-27-29-67(26-23-61-60(78)84-37-44-21-22-48(47(36-44)69(79)80)88-58-55(87-43(6)73)54(86-42(5)72)53(85-41(4)71)49(89-58)38-83-40(3)70)30-28-66(25-16-35-82-9-2)32-34-68(33-31-65)56(57(76)81-7)63-51(75)20-13-11-10-12-17-45(74)18-14-15-19-50-52-46(39-90-50)62-59(77)64-52/h21-22,36,46,49-50,52-56,58H,8-15,17-20,23-34,37-39H2,1-7H3,(H,61,78)(H,63,75)(H2,62,64,77). The molecule has 502 valence electrons. The Labute approximate surface area is 530 Å². The molecule has 0 radical (unpaired) electrons. The Morgan fingerprint density at radius 2 is 1.41 bits per heavy atom. The van der Waals surface area contributed by atoms with Gasteiger partial charge in [0.2, 0.25) is 18.3 Å². The number of nitrogens with one attached hydrogen (secondary N) is 4. The number of methoxy groups -OCH3 is 1. The van der Waals surface area contributed by atoms with Gasteiger partial charge in [-0.25, -0.2) is 14.4 Å². The Morgan fingerprint density at radius 1 is 0.778 bits per heavy atom. The van der Waals surface area contributed by atoms with Crippen LogP contribution < -0.4 is 26.0 Å². The highest BCUT2D eigenvalue weighted by atomic mass is 32.2. The lowest BCUT2D eigenvalue weighted by Crippen LogP contribution is -2.63. The van der Waals surface area contributed by atoms with Gasteiger partial charge >= 0.3 is 47.7 Å². The average molecular weight is 1290 g/mol. The maximum absolute atomic E-state index is 13.5. The molecule has 9 atom stereocenters. The minimum Gasteiger partial charge on any atom is -0.466 e. The van der Waals surface area contributed by atoms with Crippen LogP contribution in [-0.2, 0) is 78.1 Å². The summed E-state index contributed by atoms with van der Waals surface area (Å²) in [6, 6.07) is 3.96. The van der Waals surface area contributed by atoms with Crippen LogP contribution in [0.1, 0.15) is 118 Å². The predicted octanol–water partition coefficient (Wildman–Crippen LogP) is 3.16. The number of ether oxygens (including phenoxy) is 9. The second-order valence-corrected chi connectivity index (χ2v) is 23.5. The van der Waals surface area contributed by atoms with Gasteiger partial charge in [0.05, 0.1) is 37.3 Å². The molecular weight excluding hydrogens is 1200 g/mol. The lowest BCUT2D eigenvalue weighted by Gasteiger charge is -2.43. The molecule has 1 aromatic rings. The molecule has 4 N–H and O–H groups in total. The Kier molecular flexibility index (Phi) is 32.2. The number of esters is 5. The van der Waals surface area contributed by atoms with Crippen molar-refractivity contribution in [2.24, 2.45) is 0 Å². The summed E-state index contributed by atoms with van der Waals surface area (Å²) in [6.07, 6.45) is 0.835. The van der Waals surface area contributed by atoms with Crippen molar-refractivity contribution in [2.75, 3.05) is 105 Å². The van der Waals surface area contributed by atoms with Gasteiger partial charge in [0.1, 0.15) is 31.2 Å². The second-order valence-electron chi connectivity index (χ2n) is 22.3. The number of hydrogen-bond donors (Lipinski definition) is 4. The molecule has 9 unspecified atom stereocenters. The van der Waals surface area contributed by atoms with E-state index in [0.29, 0.717) is 96.6 Å². The molecule has 4 aliphatic rings. The largest absolute Gasteiger partial charge is 0.466 e. The number of Topliss-reactive ketones (excluding diaryl/α,β-unsaturated/α-hetero) is 1. The van der Waals surface area contributed by atoms with Gasteiger partial charge in [-0.3, -0.25) is 53.6 Å². The van der Waals surface area contributed by atoms with E-state index < -0.39 is 102 Å². The fourth-order valence-corrected chi connectivity index (χ4v) is 12.4. The van der Waals surface area contributed by atoms with E-state index >= 15 is 0 Å². The number of nitro groups is 1. The van der Waals surface area contributed by atoms with Crippen LogP contribution in [0.3, 0.4) is 0 Å². The Bertz CT molecular complexity index is 2630. The fraction of sp³-hybridized carbons (Fsp3) is 0.717. The van der Waals surface area contributed by atoms with Crippen molar-refractivity contribution in [3.8, 4) is 17.8 Å². The molecule has 0 aromatic heterocycles. The summed E-state index contributed by atoms with van der Waals surface area (Å²) in [5.41, 5.74) is -0.422. The molecule has 0 aliphatic carbocycles. The summed E-state index contributed by atoms with van der Waals surface area (Å²) in [6.45, 7) is 13.5. The minimum absolute atomic E-state index is 0.0947. The molecule has 4 aliphatic heterocycles. The first kappa shape index (κ1) is 73.7. The van der Waals surface area contributed by atoms with E-state index in [1.807, 2.05) is 23.6 Å². The van der Waals surface area contributed by atoms with Gasteiger partial charge in [0, 0.05) is 129 Å². The van der Waals surface area contributed by atoms with E-state index in [4.69, 9.17) is 42.6 Å². The van der Waals surface area contributed by atoms with Crippen LogP contribution in [0, 0.1) is 22.1 Å². The number of ketones is 1. The molecule has 5 rings (SSSR count).